The molecular formula is C17H22N2O. The molecular weight excluding hydrogens is 248 g/mol. The van der Waals surface area contributed by atoms with Crippen molar-refractivity contribution in [2.24, 2.45) is 0 Å². The Bertz CT molecular complexity index is 523. The summed E-state index contributed by atoms with van der Waals surface area (Å²) in [4.78, 5) is 4.48. The zero-order valence-corrected chi connectivity index (χ0v) is 12.2. The first kappa shape index (κ1) is 14.5. The lowest BCUT2D eigenvalue weighted by atomic mass is 10.1. The molecule has 1 N–H and O–H groups in total. The van der Waals surface area contributed by atoms with Gasteiger partial charge in [-0.2, -0.15) is 0 Å². The number of nitrogens with zero attached hydrogens (tertiary/aromatic N) is 1. The molecule has 3 heteroatoms. The van der Waals surface area contributed by atoms with E-state index in [0.29, 0.717) is 5.88 Å². The van der Waals surface area contributed by atoms with Gasteiger partial charge in [0, 0.05) is 12.6 Å². The van der Waals surface area contributed by atoms with Crippen LogP contribution >= 0.6 is 0 Å². The summed E-state index contributed by atoms with van der Waals surface area (Å²) in [5.74, 6) is 1.47. The fourth-order valence-electron chi connectivity index (χ4n) is 2.00. The van der Waals surface area contributed by atoms with Gasteiger partial charge in [0.05, 0.1) is 5.69 Å². The average molecular weight is 270 g/mol. The van der Waals surface area contributed by atoms with Gasteiger partial charge in [-0.3, -0.25) is 0 Å². The number of aromatic nitrogens is 1. The summed E-state index contributed by atoms with van der Waals surface area (Å²) in [5.41, 5.74) is 2.33. The Hall–Kier alpha value is -1.87. The van der Waals surface area contributed by atoms with Crippen LogP contribution < -0.4 is 10.1 Å². The van der Waals surface area contributed by atoms with E-state index in [4.69, 9.17) is 4.74 Å². The fraction of sp³-hybridized carbons (Fsp3) is 0.353. The molecule has 2 aromatic rings. The van der Waals surface area contributed by atoms with Crippen LogP contribution in [0.25, 0.3) is 0 Å². The lowest BCUT2D eigenvalue weighted by Crippen LogP contribution is -2.12. The van der Waals surface area contributed by atoms with Crippen LogP contribution in [-0.4, -0.2) is 11.5 Å². The molecule has 0 saturated heterocycles. The number of hydrogen-bond donors (Lipinski definition) is 1. The minimum atomic E-state index is 0.642. The van der Waals surface area contributed by atoms with Gasteiger partial charge in [0.1, 0.15) is 5.75 Å². The van der Waals surface area contributed by atoms with Crippen molar-refractivity contribution < 1.29 is 4.74 Å². The van der Waals surface area contributed by atoms with Crippen molar-refractivity contribution in [1.82, 2.24) is 10.3 Å². The van der Waals surface area contributed by atoms with Crippen LogP contribution in [0.3, 0.4) is 0 Å². The highest BCUT2D eigenvalue weighted by atomic mass is 16.5. The molecule has 1 heterocycles. The van der Waals surface area contributed by atoms with Crippen LogP contribution in [0.5, 0.6) is 11.6 Å². The summed E-state index contributed by atoms with van der Waals surface area (Å²) >= 11 is 0. The molecule has 0 saturated carbocycles. The largest absolute Gasteiger partial charge is 0.439 e. The van der Waals surface area contributed by atoms with Crippen LogP contribution in [0.1, 0.15) is 31.5 Å². The number of ether oxygens (including phenoxy) is 1. The van der Waals surface area contributed by atoms with Crippen molar-refractivity contribution >= 4 is 0 Å². The first-order valence-corrected chi connectivity index (χ1v) is 7.25. The van der Waals surface area contributed by atoms with E-state index in [1.54, 1.807) is 0 Å². The molecule has 2 rings (SSSR count). The summed E-state index contributed by atoms with van der Waals surface area (Å²) in [6.45, 7) is 5.97. The highest BCUT2D eigenvalue weighted by Crippen LogP contribution is 2.20. The van der Waals surface area contributed by atoms with Crippen LogP contribution in [0, 0.1) is 0 Å². The quantitative estimate of drug-likeness (QED) is 0.827. The number of benzene rings is 1. The third-order valence-corrected chi connectivity index (χ3v) is 3.02. The lowest BCUT2D eigenvalue weighted by Gasteiger charge is -2.07. The molecule has 0 unspecified atom stereocenters. The second kappa shape index (κ2) is 7.65. The van der Waals surface area contributed by atoms with Gasteiger partial charge in [0.15, 0.2) is 0 Å². The summed E-state index contributed by atoms with van der Waals surface area (Å²) in [6, 6.07) is 14.1. The zero-order chi connectivity index (χ0) is 14.2. The predicted molar refractivity (Wildman–Crippen MR) is 82.1 cm³/mol. The van der Waals surface area contributed by atoms with Crippen molar-refractivity contribution in [2.45, 2.75) is 33.2 Å². The van der Waals surface area contributed by atoms with Crippen molar-refractivity contribution in [2.75, 3.05) is 6.54 Å². The standard InChI is InChI=1S/C17H22N2O/c1-3-6-14-9-11-16(12-10-14)20-17-8-5-7-15(19-17)13-18-4-2/h5,7-12,18H,3-4,6,13H2,1-2H3. The number of aryl methyl sites for hydroxylation is 1. The molecule has 0 spiro atoms. The number of nitrogens with one attached hydrogen (secondary N) is 1. The van der Waals surface area contributed by atoms with Crippen molar-refractivity contribution in [3.63, 3.8) is 0 Å². The van der Waals surface area contributed by atoms with Gasteiger partial charge in [0.25, 0.3) is 0 Å². The Morgan fingerprint density at radius 1 is 1.05 bits per heavy atom. The molecule has 0 aliphatic heterocycles. The first-order chi connectivity index (χ1) is 9.81. The van der Waals surface area contributed by atoms with Gasteiger partial charge in [-0.05, 0) is 36.7 Å². The summed E-state index contributed by atoms with van der Waals surface area (Å²) in [5, 5.41) is 3.26. The van der Waals surface area contributed by atoms with Crippen molar-refractivity contribution in [1.29, 1.82) is 0 Å². The minimum absolute atomic E-state index is 0.642. The Labute approximate surface area is 121 Å². The Balaban J connectivity index is 2.01. The molecule has 0 aliphatic rings. The van der Waals surface area contributed by atoms with E-state index in [1.165, 1.54) is 5.56 Å². The van der Waals surface area contributed by atoms with Crippen LogP contribution in [0.4, 0.5) is 0 Å². The molecule has 20 heavy (non-hydrogen) atoms. The highest BCUT2D eigenvalue weighted by Gasteiger charge is 2.01. The normalized spacial score (nSPS) is 10.5. The second-order valence-corrected chi connectivity index (χ2v) is 4.74. The van der Waals surface area contributed by atoms with Gasteiger partial charge in [0.2, 0.25) is 5.88 Å². The van der Waals surface area contributed by atoms with E-state index >= 15 is 0 Å². The fourth-order valence-corrected chi connectivity index (χ4v) is 2.00. The molecule has 1 aromatic heterocycles. The van der Waals surface area contributed by atoms with Crippen LogP contribution in [0.2, 0.25) is 0 Å². The Morgan fingerprint density at radius 2 is 1.85 bits per heavy atom. The summed E-state index contributed by atoms with van der Waals surface area (Å²) < 4.78 is 5.79. The van der Waals surface area contributed by atoms with Crippen LogP contribution in [0.15, 0.2) is 42.5 Å². The van der Waals surface area contributed by atoms with Crippen molar-refractivity contribution in [3.8, 4) is 11.6 Å². The SMILES string of the molecule is CCCc1ccc(Oc2cccc(CNCC)n2)cc1. The molecule has 1 aromatic carbocycles. The van der Waals surface area contributed by atoms with Gasteiger partial charge >= 0.3 is 0 Å². The molecule has 106 valence electrons. The van der Waals surface area contributed by atoms with Crippen LogP contribution in [-0.2, 0) is 13.0 Å². The maximum atomic E-state index is 5.79. The second-order valence-electron chi connectivity index (χ2n) is 4.74. The Kier molecular flexibility index (Phi) is 5.56. The predicted octanol–water partition coefficient (Wildman–Crippen LogP) is 3.94. The van der Waals surface area contributed by atoms with E-state index in [-0.39, 0.29) is 0 Å². The molecule has 3 nitrogen and oxygen atoms in total. The molecule has 0 atom stereocenters. The lowest BCUT2D eigenvalue weighted by molar-refractivity contribution is 0.459. The van der Waals surface area contributed by atoms with E-state index in [0.717, 1.165) is 37.4 Å². The zero-order valence-electron chi connectivity index (χ0n) is 12.2. The first-order valence-electron chi connectivity index (χ1n) is 7.25. The number of hydrogen-bond acceptors (Lipinski definition) is 3. The third kappa shape index (κ3) is 4.35. The molecule has 0 radical (unpaired) electrons. The smallest absolute Gasteiger partial charge is 0.219 e. The molecule has 0 bridgehead atoms. The Morgan fingerprint density at radius 3 is 2.55 bits per heavy atom. The van der Waals surface area contributed by atoms with E-state index in [9.17, 15) is 0 Å². The maximum absolute atomic E-state index is 5.79. The van der Waals surface area contributed by atoms with E-state index in [2.05, 4.69) is 36.3 Å². The summed E-state index contributed by atoms with van der Waals surface area (Å²) in [7, 11) is 0. The topological polar surface area (TPSA) is 34.1 Å². The average Bonchev–Trinajstić information content (AvgIpc) is 2.48. The van der Waals surface area contributed by atoms with Gasteiger partial charge in [-0.1, -0.05) is 38.5 Å². The maximum Gasteiger partial charge on any atom is 0.219 e. The van der Waals surface area contributed by atoms with Crippen molar-refractivity contribution in [3.05, 3.63) is 53.7 Å². The van der Waals surface area contributed by atoms with Gasteiger partial charge in [-0.25, -0.2) is 4.98 Å². The molecule has 0 fully saturated rings. The molecule has 0 aliphatic carbocycles. The number of pyridine rings is 1. The number of rotatable bonds is 7. The minimum Gasteiger partial charge on any atom is -0.439 e. The monoisotopic (exact) mass is 270 g/mol. The summed E-state index contributed by atoms with van der Waals surface area (Å²) in [6.07, 6.45) is 2.27. The van der Waals surface area contributed by atoms with E-state index in [1.807, 2.05) is 30.3 Å². The highest BCUT2D eigenvalue weighted by molar-refractivity contribution is 5.31. The third-order valence-electron chi connectivity index (χ3n) is 3.02. The molecule has 0 amide bonds. The van der Waals surface area contributed by atoms with Gasteiger partial charge in [-0.15, -0.1) is 0 Å². The van der Waals surface area contributed by atoms with E-state index < -0.39 is 0 Å². The van der Waals surface area contributed by atoms with Gasteiger partial charge < -0.3 is 10.1 Å².